The first-order valence-electron chi connectivity index (χ1n) is 6.14. The van der Waals surface area contributed by atoms with Crippen LogP contribution in [0.25, 0.3) is 0 Å². The molecule has 3 unspecified atom stereocenters. The molecule has 0 aromatic carbocycles. The molecule has 0 aliphatic carbocycles. The van der Waals surface area contributed by atoms with Gasteiger partial charge in [-0.3, -0.25) is 0 Å². The van der Waals surface area contributed by atoms with E-state index in [2.05, 4.69) is 38.2 Å². The number of hydrogen-bond donors (Lipinski definition) is 1. The van der Waals surface area contributed by atoms with Gasteiger partial charge in [0.1, 0.15) is 0 Å². The van der Waals surface area contributed by atoms with E-state index in [1.807, 2.05) is 0 Å². The van der Waals surface area contributed by atoms with Gasteiger partial charge in [0.2, 0.25) is 0 Å². The average Bonchev–Trinajstić information content (AvgIpc) is 2.26. The molecule has 3 atom stereocenters. The highest BCUT2D eigenvalue weighted by molar-refractivity contribution is 4.77. The van der Waals surface area contributed by atoms with Crippen LogP contribution in [0.1, 0.15) is 33.1 Å². The van der Waals surface area contributed by atoms with Gasteiger partial charge in [-0.05, 0) is 40.3 Å². The normalized spacial score (nSPS) is 29.4. The summed E-state index contributed by atoms with van der Waals surface area (Å²) >= 11 is 0. The van der Waals surface area contributed by atoms with E-state index in [1.54, 1.807) is 0 Å². The fraction of sp³-hybridized carbons (Fsp3) is 1.00. The smallest absolute Gasteiger partial charge is 0.0587 e. The molecule has 0 saturated carbocycles. The molecule has 1 saturated heterocycles. The van der Waals surface area contributed by atoms with Crippen molar-refractivity contribution in [3.63, 3.8) is 0 Å². The van der Waals surface area contributed by atoms with E-state index in [-0.39, 0.29) is 0 Å². The lowest BCUT2D eigenvalue weighted by atomic mass is 10.0. The Kier molecular flexibility index (Phi) is 5.58. The fourth-order valence-corrected chi connectivity index (χ4v) is 1.87. The van der Waals surface area contributed by atoms with Gasteiger partial charge in [0.15, 0.2) is 0 Å². The van der Waals surface area contributed by atoms with Crippen molar-refractivity contribution in [2.45, 2.75) is 51.3 Å². The molecule has 0 radical (unpaired) electrons. The number of hydrogen-bond acceptors (Lipinski definition) is 3. The average molecular weight is 214 g/mol. The first kappa shape index (κ1) is 12.9. The Labute approximate surface area is 94.2 Å². The summed E-state index contributed by atoms with van der Waals surface area (Å²) < 4.78 is 5.66. The van der Waals surface area contributed by atoms with Crippen LogP contribution in [0, 0.1) is 0 Å². The molecule has 1 aliphatic heterocycles. The summed E-state index contributed by atoms with van der Waals surface area (Å²) in [6.07, 6.45) is 3.96. The third-order valence-electron chi connectivity index (χ3n) is 3.41. The lowest BCUT2D eigenvalue weighted by Gasteiger charge is -2.31. The maximum absolute atomic E-state index is 5.66. The van der Waals surface area contributed by atoms with Gasteiger partial charge in [0, 0.05) is 25.2 Å². The van der Waals surface area contributed by atoms with E-state index in [0.29, 0.717) is 18.2 Å². The zero-order chi connectivity index (χ0) is 11.3. The molecule has 0 aromatic rings. The molecule has 0 aromatic heterocycles. The van der Waals surface area contributed by atoms with Crippen molar-refractivity contribution in [3.8, 4) is 0 Å². The van der Waals surface area contributed by atoms with Gasteiger partial charge in [-0.1, -0.05) is 6.92 Å². The van der Waals surface area contributed by atoms with E-state index >= 15 is 0 Å². The number of nitrogens with zero attached hydrogens (tertiary/aromatic N) is 1. The van der Waals surface area contributed by atoms with E-state index < -0.39 is 0 Å². The Balaban J connectivity index is 2.20. The molecule has 1 fully saturated rings. The molecular formula is C12H26N2O. The first-order chi connectivity index (χ1) is 7.13. The second kappa shape index (κ2) is 6.46. The fourth-order valence-electron chi connectivity index (χ4n) is 1.87. The van der Waals surface area contributed by atoms with Gasteiger partial charge in [0.25, 0.3) is 0 Å². The van der Waals surface area contributed by atoms with Gasteiger partial charge in [-0.25, -0.2) is 0 Å². The second-order valence-electron chi connectivity index (χ2n) is 4.84. The van der Waals surface area contributed by atoms with Gasteiger partial charge in [0.05, 0.1) is 6.10 Å². The molecule has 0 bridgehead atoms. The van der Waals surface area contributed by atoms with Gasteiger partial charge in [-0.2, -0.15) is 0 Å². The lowest BCUT2D eigenvalue weighted by Crippen LogP contribution is -2.44. The van der Waals surface area contributed by atoms with Crippen LogP contribution >= 0.6 is 0 Å². The maximum atomic E-state index is 5.66. The van der Waals surface area contributed by atoms with Crippen LogP contribution in [0.2, 0.25) is 0 Å². The Morgan fingerprint density at radius 1 is 1.47 bits per heavy atom. The maximum Gasteiger partial charge on any atom is 0.0587 e. The highest BCUT2D eigenvalue weighted by atomic mass is 16.5. The molecule has 3 heteroatoms. The van der Waals surface area contributed by atoms with Crippen molar-refractivity contribution in [1.29, 1.82) is 0 Å². The molecule has 1 N–H and O–H groups in total. The number of rotatable bonds is 5. The number of likely N-dealkylation sites (N-methyl/N-ethyl adjacent to an activating group) is 1. The van der Waals surface area contributed by atoms with Crippen LogP contribution in [-0.4, -0.2) is 50.3 Å². The summed E-state index contributed by atoms with van der Waals surface area (Å²) in [5.41, 5.74) is 0. The van der Waals surface area contributed by atoms with Crippen LogP contribution in [0.3, 0.4) is 0 Å². The van der Waals surface area contributed by atoms with Crippen molar-refractivity contribution in [3.05, 3.63) is 0 Å². The van der Waals surface area contributed by atoms with Crippen molar-refractivity contribution in [1.82, 2.24) is 10.2 Å². The Morgan fingerprint density at radius 2 is 2.20 bits per heavy atom. The zero-order valence-corrected chi connectivity index (χ0v) is 10.6. The van der Waals surface area contributed by atoms with Crippen LogP contribution in [0.15, 0.2) is 0 Å². The summed E-state index contributed by atoms with van der Waals surface area (Å²) in [4.78, 5) is 2.25. The molecule has 1 rings (SSSR count). The quantitative estimate of drug-likeness (QED) is 0.750. The largest absolute Gasteiger partial charge is 0.378 e. The van der Waals surface area contributed by atoms with E-state index in [4.69, 9.17) is 4.74 Å². The molecule has 15 heavy (non-hydrogen) atoms. The van der Waals surface area contributed by atoms with Crippen LogP contribution in [0.4, 0.5) is 0 Å². The summed E-state index contributed by atoms with van der Waals surface area (Å²) in [5.74, 6) is 0. The Bertz CT molecular complexity index is 173. The summed E-state index contributed by atoms with van der Waals surface area (Å²) in [5, 5.41) is 3.65. The number of nitrogens with one attached hydrogen (secondary N) is 1. The van der Waals surface area contributed by atoms with E-state index in [0.717, 1.165) is 26.0 Å². The van der Waals surface area contributed by atoms with Gasteiger partial charge in [-0.15, -0.1) is 0 Å². The number of ether oxygens (including phenoxy) is 1. The van der Waals surface area contributed by atoms with Crippen molar-refractivity contribution < 1.29 is 4.74 Å². The minimum Gasteiger partial charge on any atom is -0.378 e. The van der Waals surface area contributed by atoms with Crippen molar-refractivity contribution in [2.24, 2.45) is 0 Å². The first-order valence-corrected chi connectivity index (χ1v) is 6.14. The topological polar surface area (TPSA) is 24.5 Å². The molecule has 1 heterocycles. The van der Waals surface area contributed by atoms with E-state index in [9.17, 15) is 0 Å². The predicted molar refractivity (Wildman–Crippen MR) is 64.2 cm³/mol. The predicted octanol–water partition coefficient (Wildman–Crippen LogP) is 1.48. The minimum absolute atomic E-state index is 0.478. The third-order valence-corrected chi connectivity index (χ3v) is 3.41. The van der Waals surface area contributed by atoms with Crippen LogP contribution in [-0.2, 0) is 4.74 Å². The van der Waals surface area contributed by atoms with Crippen LogP contribution in [0.5, 0.6) is 0 Å². The second-order valence-corrected chi connectivity index (χ2v) is 4.84. The highest BCUT2D eigenvalue weighted by Crippen LogP contribution is 2.16. The summed E-state index contributed by atoms with van der Waals surface area (Å²) in [7, 11) is 4.26. The van der Waals surface area contributed by atoms with Crippen molar-refractivity contribution in [2.75, 3.05) is 27.2 Å². The highest BCUT2D eigenvalue weighted by Gasteiger charge is 2.21. The zero-order valence-electron chi connectivity index (χ0n) is 10.6. The van der Waals surface area contributed by atoms with Gasteiger partial charge < -0.3 is 15.0 Å². The molecule has 0 amide bonds. The third kappa shape index (κ3) is 4.49. The summed E-state index contributed by atoms with van der Waals surface area (Å²) in [6.45, 7) is 6.46. The van der Waals surface area contributed by atoms with Gasteiger partial charge >= 0.3 is 0 Å². The molecule has 1 aliphatic rings. The monoisotopic (exact) mass is 214 g/mol. The van der Waals surface area contributed by atoms with Crippen molar-refractivity contribution >= 4 is 0 Å². The molecule has 3 nitrogen and oxygen atoms in total. The molecule has 0 spiro atoms. The minimum atomic E-state index is 0.478. The molecule has 90 valence electrons. The SMILES string of the molecule is CCC1CC(NCC(C)N(C)C)CCO1. The summed E-state index contributed by atoms with van der Waals surface area (Å²) in [6, 6.07) is 1.26. The van der Waals surface area contributed by atoms with Crippen LogP contribution < -0.4 is 5.32 Å². The molecular weight excluding hydrogens is 188 g/mol. The Morgan fingerprint density at radius 3 is 2.80 bits per heavy atom. The standard InChI is InChI=1S/C12H26N2O/c1-5-12-8-11(6-7-15-12)13-9-10(2)14(3)4/h10-13H,5-9H2,1-4H3. The lowest BCUT2D eigenvalue weighted by molar-refractivity contribution is -0.000726. The Hall–Kier alpha value is -0.120. The van der Waals surface area contributed by atoms with E-state index in [1.165, 1.54) is 6.42 Å².